The minimum Gasteiger partial charge on any atom is -0.347 e. The Balaban J connectivity index is 1.68. The summed E-state index contributed by atoms with van der Waals surface area (Å²) in [5.41, 5.74) is 3.26. The molecule has 4 rings (SSSR count). The second-order valence-corrected chi connectivity index (χ2v) is 6.88. The molecule has 1 unspecified atom stereocenters. The molecular formula is C20H24N4O. The molecule has 1 amide bonds. The topological polar surface area (TPSA) is 52.2 Å². The first-order valence-corrected chi connectivity index (χ1v) is 9.05. The molecule has 25 heavy (non-hydrogen) atoms. The number of rotatable bonds is 3. The number of anilines is 2. The predicted molar refractivity (Wildman–Crippen MR) is 99.7 cm³/mol. The van der Waals surface area contributed by atoms with E-state index in [-0.39, 0.29) is 5.91 Å². The van der Waals surface area contributed by atoms with Crippen molar-refractivity contribution in [2.45, 2.75) is 38.6 Å². The molecule has 2 aromatic rings. The highest BCUT2D eigenvalue weighted by Gasteiger charge is 2.28. The van der Waals surface area contributed by atoms with Crippen molar-refractivity contribution in [3.05, 3.63) is 48.4 Å². The molecule has 2 aliphatic heterocycles. The van der Waals surface area contributed by atoms with Crippen molar-refractivity contribution < 1.29 is 4.79 Å². The van der Waals surface area contributed by atoms with Crippen LogP contribution >= 0.6 is 0 Å². The highest BCUT2D eigenvalue weighted by atomic mass is 16.2. The van der Waals surface area contributed by atoms with Gasteiger partial charge in [0.15, 0.2) is 0 Å². The standard InChI is InChI=1S/C20H24N4O/c1-15(25)24(18-6-4-9-21-14-18)20-19(7-10-22-20)16-8-12-23-11-3-2-5-17(23)13-16/h4,6-10,14,17,22H,2-3,5,11-13H2,1H3. The lowest BCUT2D eigenvalue weighted by Crippen LogP contribution is -2.41. The Morgan fingerprint density at radius 1 is 1.36 bits per heavy atom. The first-order valence-electron chi connectivity index (χ1n) is 9.05. The average molecular weight is 336 g/mol. The summed E-state index contributed by atoms with van der Waals surface area (Å²) in [6.07, 6.45) is 12.7. The number of aromatic nitrogens is 2. The van der Waals surface area contributed by atoms with Crippen LogP contribution in [0.2, 0.25) is 0 Å². The number of hydrogen-bond acceptors (Lipinski definition) is 3. The summed E-state index contributed by atoms with van der Waals surface area (Å²) in [6.45, 7) is 3.82. The molecule has 0 spiro atoms. The first kappa shape index (κ1) is 16.1. The van der Waals surface area contributed by atoms with Gasteiger partial charge in [0, 0.05) is 37.5 Å². The van der Waals surface area contributed by atoms with Crippen molar-refractivity contribution in [2.75, 3.05) is 18.0 Å². The smallest absolute Gasteiger partial charge is 0.229 e. The molecule has 2 aromatic heterocycles. The summed E-state index contributed by atoms with van der Waals surface area (Å²) in [5, 5.41) is 0. The Hall–Kier alpha value is -2.40. The van der Waals surface area contributed by atoms with Gasteiger partial charge in [-0.05, 0) is 49.6 Å². The Bertz CT molecular complexity index is 780. The third kappa shape index (κ3) is 3.12. The maximum absolute atomic E-state index is 12.4. The number of fused-ring (bicyclic) bond motifs is 1. The SMILES string of the molecule is CC(=O)N(c1cccnc1)c1[nH]ccc1C1=CCN2CCCCC2C1. The van der Waals surface area contributed by atoms with Crippen molar-refractivity contribution >= 4 is 23.0 Å². The van der Waals surface area contributed by atoms with E-state index in [9.17, 15) is 4.79 Å². The van der Waals surface area contributed by atoms with Crippen molar-refractivity contribution in [3.8, 4) is 0 Å². The number of pyridine rings is 1. The van der Waals surface area contributed by atoms with Crippen LogP contribution in [0.15, 0.2) is 42.9 Å². The van der Waals surface area contributed by atoms with E-state index in [0.717, 1.165) is 30.0 Å². The van der Waals surface area contributed by atoms with Crippen LogP contribution in [0.1, 0.15) is 38.2 Å². The number of H-pyrrole nitrogens is 1. The maximum Gasteiger partial charge on any atom is 0.229 e. The van der Waals surface area contributed by atoms with E-state index in [1.807, 2.05) is 18.3 Å². The molecule has 0 saturated carbocycles. The number of nitrogens with zero attached hydrogens (tertiary/aromatic N) is 3. The monoisotopic (exact) mass is 336 g/mol. The number of aromatic amines is 1. The minimum atomic E-state index is -0.0209. The number of nitrogens with one attached hydrogen (secondary N) is 1. The van der Waals surface area contributed by atoms with Gasteiger partial charge in [-0.25, -0.2) is 0 Å². The lowest BCUT2D eigenvalue weighted by molar-refractivity contribution is -0.115. The van der Waals surface area contributed by atoms with Crippen molar-refractivity contribution in [2.24, 2.45) is 0 Å². The lowest BCUT2D eigenvalue weighted by Gasteiger charge is -2.39. The van der Waals surface area contributed by atoms with Gasteiger partial charge in [0.2, 0.25) is 5.91 Å². The molecule has 1 atom stereocenters. The largest absolute Gasteiger partial charge is 0.347 e. The molecule has 0 aromatic carbocycles. The summed E-state index contributed by atoms with van der Waals surface area (Å²) < 4.78 is 0. The molecule has 1 N–H and O–H groups in total. The highest BCUT2D eigenvalue weighted by Crippen LogP contribution is 2.37. The zero-order valence-corrected chi connectivity index (χ0v) is 14.6. The van der Waals surface area contributed by atoms with Crippen LogP contribution in [-0.2, 0) is 4.79 Å². The van der Waals surface area contributed by atoms with E-state index in [1.54, 1.807) is 24.2 Å². The lowest BCUT2D eigenvalue weighted by atomic mass is 9.89. The van der Waals surface area contributed by atoms with Crippen LogP contribution in [0.4, 0.5) is 11.5 Å². The number of carbonyl (C=O) groups is 1. The molecular weight excluding hydrogens is 312 g/mol. The second-order valence-electron chi connectivity index (χ2n) is 6.88. The van der Waals surface area contributed by atoms with Crippen molar-refractivity contribution in [1.82, 2.24) is 14.9 Å². The van der Waals surface area contributed by atoms with Gasteiger partial charge in [-0.3, -0.25) is 19.6 Å². The Morgan fingerprint density at radius 2 is 2.28 bits per heavy atom. The first-order chi connectivity index (χ1) is 12.2. The summed E-state index contributed by atoms with van der Waals surface area (Å²) in [4.78, 5) is 24.1. The number of hydrogen-bond donors (Lipinski definition) is 1. The van der Waals surface area contributed by atoms with E-state index in [4.69, 9.17) is 0 Å². The van der Waals surface area contributed by atoms with E-state index in [0.29, 0.717) is 6.04 Å². The molecule has 5 heteroatoms. The van der Waals surface area contributed by atoms with Crippen LogP contribution < -0.4 is 4.90 Å². The minimum absolute atomic E-state index is 0.0209. The third-order valence-electron chi connectivity index (χ3n) is 5.29. The van der Waals surface area contributed by atoms with Crippen LogP contribution in [0.5, 0.6) is 0 Å². The normalized spacial score (nSPS) is 20.7. The molecule has 130 valence electrons. The molecule has 0 bridgehead atoms. The fourth-order valence-electron chi connectivity index (χ4n) is 4.08. The van der Waals surface area contributed by atoms with E-state index < -0.39 is 0 Å². The van der Waals surface area contributed by atoms with Gasteiger partial charge in [0.05, 0.1) is 11.9 Å². The Kier molecular flexibility index (Phi) is 4.40. The zero-order valence-electron chi connectivity index (χ0n) is 14.6. The third-order valence-corrected chi connectivity index (χ3v) is 5.29. The van der Waals surface area contributed by atoms with Gasteiger partial charge in [-0.1, -0.05) is 12.5 Å². The van der Waals surface area contributed by atoms with E-state index in [1.165, 1.54) is 31.4 Å². The van der Waals surface area contributed by atoms with Crippen LogP contribution in [-0.4, -0.2) is 39.9 Å². The van der Waals surface area contributed by atoms with Gasteiger partial charge < -0.3 is 4.98 Å². The van der Waals surface area contributed by atoms with Crippen LogP contribution in [0.3, 0.4) is 0 Å². The van der Waals surface area contributed by atoms with Gasteiger partial charge in [0.1, 0.15) is 5.82 Å². The Labute approximate surface area is 148 Å². The van der Waals surface area contributed by atoms with Gasteiger partial charge in [0.25, 0.3) is 0 Å². The Morgan fingerprint density at radius 3 is 3.08 bits per heavy atom. The molecule has 2 aliphatic rings. The predicted octanol–water partition coefficient (Wildman–Crippen LogP) is 3.74. The molecule has 4 heterocycles. The fraction of sp³-hybridized carbons (Fsp3) is 0.400. The van der Waals surface area contributed by atoms with Gasteiger partial charge in [-0.2, -0.15) is 0 Å². The molecule has 1 saturated heterocycles. The van der Waals surface area contributed by atoms with Crippen molar-refractivity contribution in [3.63, 3.8) is 0 Å². The number of carbonyl (C=O) groups excluding carboxylic acids is 1. The molecule has 1 fully saturated rings. The summed E-state index contributed by atoms with van der Waals surface area (Å²) in [6, 6.07) is 6.50. The van der Waals surface area contributed by atoms with Crippen LogP contribution in [0.25, 0.3) is 5.57 Å². The second kappa shape index (κ2) is 6.84. The fourth-order valence-corrected chi connectivity index (χ4v) is 4.08. The average Bonchev–Trinajstić information content (AvgIpc) is 3.11. The number of amides is 1. The zero-order chi connectivity index (χ0) is 17.2. The molecule has 0 radical (unpaired) electrons. The summed E-state index contributed by atoms with van der Waals surface area (Å²) in [7, 11) is 0. The summed E-state index contributed by atoms with van der Waals surface area (Å²) in [5.74, 6) is 0.823. The highest BCUT2D eigenvalue weighted by molar-refractivity contribution is 6.00. The van der Waals surface area contributed by atoms with Gasteiger partial charge >= 0.3 is 0 Å². The maximum atomic E-state index is 12.4. The quantitative estimate of drug-likeness (QED) is 0.929. The summed E-state index contributed by atoms with van der Waals surface area (Å²) >= 11 is 0. The molecule has 5 nitrogen and oxygen atoms in total. The number of piperidine rings is 1. The van der Waals surface area contributed by atoms with Crippen molar-refractivity contribution in [1.29, 1.82) is 0 Å². The van der Waals surface area contributed by atoms with Gasteiger partial charge in [-0.15, -0.1) is 0 Å². The van der Waals surface area contributed by atoms with E-state index >= 15 is 0 Å². The van der Waals surface area contributed by atoms with Crippen LogP contribution in [0, 0.1) is 0 Å². The van der Waals surface area contributed by atoms with E-state index in [2.05, 4.69) is 27.0 Å². The molecule has 0 aliphatic carbocycles.